The van der Waals surface area contributed by atoms with Gasteiger partial charge in [0.15, 0.2) is 0 Å². The summed E-state index contributed by atoms with van der Waals surface area (Å²) >= 11 is -1.72. The zero-order valence-electron chi connectivity index (χ0n) is 5.24. The number of hydrogen-bond donors (Lipinski definition) is 0. The van der Waals surface area contributed by atoms with Crippen LogP contribution in [-0.4, -0.2) is 9.76 Å². The Bertz CT molecular complexity index is 198. The first-order valence-electron chi connectivity index (χ1n) is 2.74. The normalized spacial score (nSPS) is 16.4. The predicted molar refractivity (Wildman–Crippen MR) is 35.3 cm³/mol. The Kier molecular flexibility index (Phi) is 2.70. The summed E-state index contributed by atoms with van der Waals surface area (Å²) < 4.78 is 1.02. The maximum atomic E-state index is 10.3. The molecule has 0 N–H and O–H groups in total. The van der Waals surface area contributed by atoms with E-state index in [1.165, 1.54) is 0 Å². The third kappa shape index (κ3) is 1.48. The Morgan fingerprint density at radius 3 is 2.50 bits per heavy atom. The standard InChI is InChI=1S/C5H5.2CHO.Rh/c1-2-4-5-3-1;2*1-2;/h1-3H,4H2;2*1H;. The van der Waals surface area contributed by atoms with E-state index in [0.29, 0.717) is 0 Å². The van der Waals surface area contributed by atoms with Gasteiger partial charge >= 0.3 is 64.1 Å². The van der Waals surface area contributed by atoms with Crippen LogP contribution < -0.4 is 0 Å². The molecule has 56 valence electrons. The van der Waals surface area contributed by atoms with E-state index >= 15 is 0 Å². The summed E-state index contributed by atoms with van der Waals surface area (Å²) in [5.41, 5.74) is 0. The van der Waals surface area contributed by atoms with E-state index in [1.807, 2.05) is 18.2 Å². The molecule has 0 aromatic rings. The van der Waals surface area contributed by atoms with Crippen molar-refractivity contribution in [3.63, 3.8) is 0 Å². The van der Waals surface area contributed by atoms with Gasteiger partial charge in [0, 0.05) is 0 Å². The zero-order valence-corrected chi connectivity index (χ0v) is 6.88. The molecule has 0 atom stereocenters. The van der Waals surface area contributed by atoms with Crippen molar-refractivity contribution in [2.45, 2.75) is 6.42 Å². The van der Waals surface area contributed by atoms with Crippen LogP contribution in [0.25, 0.3) is 0 Å². The van der Waals surface area contributed by atoms with Crippen LogP contribution in [-0.2, 0) is 25.5 Å². The van der Waals surface area contributed by atoms with Gasteiger partial charge in [-0.1, -0.05) is 0 Å². The summed E-state index contributed by atoms with van der Waals surface area (Å²) in [4.78, 5) is 22.2. The van der Waals surface area contributed by atoms with Gasteiger partial charge in [-0.2, -0.15) is 0 Å². The van der Waals surface area contributed by atoms with Crippen molar-refractivity contribution in [2.24, 2.45) is 0 Å². The molecule has 0 spiro atoms. The van der Waals surface area contributed by atoms with E-state index in [-0.39, 0.29) is 0 Å². The number of hydrogen-bond acceptors (Lipinski definition) is 2. The second-order valence-electron chi connectivity index (χ2n) is 1.68. The Labute approximate surface area is 64.5 Å². The molecule has 0 fully saturated rings. The molecule has 0 amide bonds. The number of carbonyl (C=O) groups is 2. The van der Waals surface area contributed by atoms with Gasteiger partial charge < -0.3 is 0 Å². The summed E-state index contributed by atoms with van der Waals surface area (Å²) in [5.74, 6) is 0. The second-order valence-corrected chi connectivity index (χ2v) is 5.00. The number of carbonyl (C=O) groups excluding carboxylic acids is 2. The van der Waals surface area contributed by atoms with Crippen LogP contribution in [0, 0.1) is 0 Å². The second kappa shape index (κ2) is 3.57. The fourth-order valence-electron chi connectivity index (χ4n) is 0.674. The average Bonchev–Trinajstić information content (AvgIpc) is 2.43. The van der Waals surface area contributed by atoms with E-state index in [2.05, 4.69) is 0 Å². The van der Waals surface area contributed by atoms with Crippen molar-refractivity contribution < 1.29 is 25.5 Å². The summed E-state index contributed by atoms with van der Waals surface area (Å²) in [6.07, 6.45) is 6.51. The van der Waals surface area contributed by atoms with Crippen LogP contribution in [0.5, 0.6) is 0 Å². The van der Waals surface area contributed by atoms with Gasteiger partial charge in [-0.15, -0.1) is 0 Å². The van der Waals surface area contributed by atoms with Crippen molar-refractivity contribution in [2.75, 3.05) is 0 Å². The van der Waals surface area contributed by atoms with Crippen LogP contribution >= 0.6 is 0 Å². The fourth-order valence-corrected chi connectivity index (χ4v) is 2.31. The van der Waals surface area contributed by atoms with Gasteiger partial charge in [-0.3, -0.25) is 0 Å². The summed E-state index contributed by atoms with van der Waals surface area (Å²) in [7, 11) is 0. The molecule has 1 rings (SSSR count). The summed E-state index contributed by atoms with van der Waals surface area (Å²) in [5, 5.41) is 0. The van der Waals surface area contributed by atoms with Crippen molar-refractivity contribution in [3.8, 4) is 0 Å². The van der Waals surface area contributed by atoms with E-state index in [0.717, 1.165) is 20.3 Å². The minimum atomic E-state index is -1.72. The molecule has 0 unspecified atom stereocenters. The Morgan fingerprint density at radius 1 is 1.40 bits per heavy atom. The molecular weight excluding hydrogens is 219 g/mol. The SMILES string of the molecule is O=[CH][Rh]([CH]=O)[C]1=CC=CC1. The van der Waals surface area contributed by atoms with Gasteiger partial charge in [0.2, 0.25) is 0 Å². The van der Waals surface area contributed by atoms with E-state index in [9.17, 15) is 9.59 Å². The molecule has 0 saturated heterocycles. The third-order valence-electron chi connectivity index (χ3n) is 1.13. The van der Waals surface area contributed by atoms with Crippen LogP contribution in [0.2, 0.25) is 0 Å². The Morgan fingerprint density at radius 2 is 2.10 bits per heavy atom. The molecule has 1 aliphatic carbocycles. The van der Waals surface area contributed by atoms with E-state index in [1.54, 1.807) is 0 Å². The van der Waals surface area contributed by atoms with Crippen LogP contribution in [0.1, 0.15) is 6.42 Å². The maximum absolute atomic E-state index is 10.3. The van der Waals surface area contributed by atoms with E-state index < -0.39 is 16.0 Å². The van der Waals surface area contributed by atoms with Crippen molar-refractivity contribution in [1.29, 1.82) is 0 Å². The molecule has 0 aromatic heterocycles. The summed E-state index contributed by atoms with van der Waals surface area (Å²) in [6.45, 7) is 0. The first-order valence-corrected chi connectivity index (χ1v) is 5.45. The first-order chi connectivity index (χ1) is 4.88. The van der Waals surface area contributed by atoms with Crippen molar-refractivity contribution in [3.05, 3.63) is 22.4 Å². The van der Waals surface area contributed by atoms with Gasteiger partial charge in [-0.05, 0) is 0 Å². The van der Waals surface area contributed by atoms with Crippen LogP contribution in [0.3, 0.4) is 0 Å². The predicted octanol–water partition coefficient (Wildman–Crippen LogP) is 0.829. The van der Waals surface area contributed by atoms with Gasteiger partial charge in [0.1, 0.15) is 0 Å². The van der Waals surface area contributed by atoms with Gasteiger partial charge in [-0.25, -0.2) is 0 Å². The van der Waals surface area contributed by atoms with E-state index in [4.69, 9.17) is 0 Å². The van der Waals surface area contributed by atoms with Crippen molar-refractivity contribution >= 4 is 9.76 Å². The molecule has 0 aromatic carbocycles. The molecule has 3 heteroatoms. The minimum absolute atomic E-state index is 0.796. The van der Waals surface area contributed by atoms with Crippen molar-refractivity contribution in [1.82, 2.24) is 0 Å². The molecule has 2 nitrogen and oxygen atoms in total. The topological polar surface area (TPSA) is 34.1 Å². The fraction of sp³-hybridized carbons (Fsp3) is 0.143. The number of rotatable bonds is 3. The summed E-state index contributed by atoms with van der Waals surface area (Å²) in [6, 6.07) is 0. The molecule has 0 heterocycles. The van der Waals surface area contributed by atoms with Gasteiger partial charge in [0.05, 0.1) is 0 Å². The van der Waals surface area contributed by atoms with Gasteiger partial charge in [0.25, 0.3) is 0 Å². The molecule has 0 saturated carbocycles. The molecule has 0 radical (unpaired) electrons. The number of allylic oxidation sites excluding steroid dienone is 4. The quantitative estimate of drug-likeness (QED) is 0.527. The molecule has 1 aliphatic rings. The monoisotopic (exact) mass is 226 g/mol. The van der Waals surface area contributed by atoms with Crippen LogP contribution in [0.4, 0.5) is 0 Å². The van der Waals surface area contributed by atoms with Crippen LogP contribution in [0.15, 0.2) is 22.4 Å². The Balaban J connectivity index is 2.63. The third-order valence-corrected chi connectivity index (χ3v) is 3.78. The molecular formula is C7H7O2Rh. The Hall–Kier alpha value is -0.557. The molecule has 10 heavy (non-hydrogen) atoms. The first kappa shape index (κ1) is 7.55. The average molecular weight is 226 g/mol. The molecule has 0 aliphatic heterocycles. The zero-order chi connectivity index (χ0) is 7.40. The molecule has 0 bridgehead atoms.